The highest BCUT2D eigenvalue weighted by molar-refractivity contribution is 5.96. The zero-order valence-corrected chi connectivity index (χ0v) is 11.7. The molecule has 0 radical (unpaired) electrons. The number of aromatic nitrogens is 3. The molecule has 0 bridgehead atoms. The lowest BCUT2D eigenvalue weighted by Gasteiger charge is -2.06. The number of carbonyl (C=O) groups excluding carboxylic acids is 1. The first-order valence-electron chi connectivity index (χ1n) is 6.52. The molecule has 2 aromatic rings. The van der Waals surface area contributed by atoms with Crippen molar-refractivity contribution in [2.75, 3.05) is 13.2 Å². The Morgan fingerprint density at radius 2 is 2.24 bits per heavy atom. The van der Waals surface area contributed by atoms with E-state index < -0.39 is 0 Å². The van der Waals surface area contributed by atoms with Crippen LogP contribution in [0.3, 0.4) is 0 Å². The number of nitrogens with zero attached hydrogens (tertiary/aromatic N) is 3. The van der Waals surface area contributed by atoms with Crippen molar-refractivity contribution in [2.24, 2.45) is 7.05 Å². The van der Waals surface area contributed by atoms with Crippen molar-refractivity contribution in [3.05, 3.63) is 47.5 Å². The summed E-state index contributed by atoms with van der Waals surface area (Å²) in [7, 11) is 1.86. The SMILES string of the molecule is Cn1cnnc1CCNC(=O)c1ccccc1C#CCO. The lowest BCUT2D eigenvalue weighted by Crippen LogP contribution is -2.27. The Morgan fingerprint density at radius 3 is 2.95 bits per heavy atom. The molecule has 0 unspecified atom stereocenters. The van der Waals surface area contributed by atoms with Gasteiger partial charge in [0, 0.05) is 25.6 Å². The highest BCUT2D eigenvalue weighted by Crippen LogP contribution is 2.07. The van der Waals surface area contributed by atoms with E-state index in [1.165, 1.54) is 0 Å². The van der Waals surface area contributed by atoms with E-state index in [0.29, 0.717) is 24.1 Å². The average Bonchev–Trinajstić information content (AvgIpc) is 2.91. The minimum absolute atomic E-state index is 0.194. The molecular weight excluding hydrogens is 268 g/mol. The van der Waals surface area contributed by atoms with Gasteiger partial charge in [-0.25, -0.2) is 0 Å². The lowest BCUT2D eigenvalue weighted by atomic mass is 10.1. The largest absolute Gasteiger partial charge is 0.384 e. The third-order valence-electron chi connectivity index (χ3n) is 2.91. The molecule has 1 aromatic heterocycles. The van der Waals surface area contributed by atoms with E-state index in [1.807, 2.05) is 11.6 Å². The first-order valence-corrected chi connectivity index (χ1v) is 6.52. The van der Waals surface area contributed by atoms with Crippen molar-refractivity contribution in [3.8, 4) is 11.8 Å². The molecule has 0 saturated carbocycles. The summed E-state index contributed by atoms with van der Waals surface area (Å²) in [5.74, 6) is 5.93. The molecule has 1 heterocycles. The van der Waals surface area contributed by atoms with Gasteiger partial charge in [-0.15, -0.1) is 10.2 Å². The Bertz CT molecular complexity index is 682. The van der Waals surface area contributed by atoms with E-state index in [1.54, 1.807) is 30.6 Å². The first-order chi connectivity index (χ1) is 10.2. The highest BCUT2D eigenvalue weighted by Gasteiger charge is 2.09. The maximum Gasteiger partial charge on any atom is 0.252 e. The number of aryl methyl sites for hydroxylation is 1. The Labute approximate surface area is 122 Å². The zero-order chi connectivity index (χ0) is 15.1. The second-order valence-corrected chi connectivity index (χ2v) is 4.37. The van der Waals surface area contributed by atoms with Crippen molar-refractivity contribution >= 4 is 5.91 Å². The number of rotatable bonds is 4. The summed E-state index contributed by atoms with van der Waals surface area (Å²) in [4.78, 5) is 12.2. The Hall–Kier alpha value is -2.65. The lowest BCUT2D eigenvalue weighted by molar-refractivity contribution is 0.0953. The zero-order valence-electron chi connectivity index (χ0n) is 11.7. The van der Waals surface area contributed by atoms with Crippen LogP contribution in [0.4, 0.5) is 0 Å². The van der Waals surface area contributed by atoms with Crippen LogP contribution in [0.2, 0.25) is 0 Å². The molecule has 0 aliphatic rings. The van der Waals surface area contributed by atoms with Crippen molar-refractivity contribution < 1.29 is 9.90 Å². The molecular formula is C15H16N4O2. The van der Waals surface area contributed by atoms with E-state index in [9.17, 15) is 4.79 Å². The molecule has 0 atom stereocenters. The molecule has 0 spiro atoms. The number of benzene rings is 1. The number of carbonyl (C=O) groups is 1. The third kappa shape index (κ3) is 3.91. The van der Waals surface area contributed by atoms with Gasteiger partial charge in [0.1, 0.15) is 18.8 Å². The van der Waals surface area contributed by atoms with E-state index >= 15 is 0 Å². The number of nitrogens with one attached hydrogen (secondary N) is 1. The summed E-state index contributed by atoms with van der Waals surface area (Å²) in [5, 5.41) is 19.3. The molecule has 6 nitrogen and oxygen atoms in total. The van der Waals surface area contributed by atoms with E-state index in [4.69, 9.17) is 5.11 Å². The average molecular weight is 284 g/mol. The van der Waals surface area contributed by atoms with Gasteiger partial charge in [-0.1, -0.05) is 24.0 Å². The summed E-state index contributed by atoms with van der Waals surface area (Å²) in [6.45, 7) is 0.231. The number of amides is 1. The Morgan fingerprint density at radius 1 is 1.43 bits per heavy atom. The molecule has 0 fully saturated rings. The van der Waals surface area contributed by atoms with Gasteiger partial charge < -0.3 is 15.0 Å². The molecule has 6 heteroatoms. The molecule has 1 amide bonds. The fraction of sp³-hybridized carbons (Fsp3) is 0.267. The van der Waals surface area contributed by atoms with Gasteiger partial charge >= 0.3 is 0 Å². The molecule has 2 N–H and O–H groups in total. The maximum absolute atomic E-state index is 12.2. The van der Waals surface area contributed by atoms with Crippen molar-refractivity contribution in [3.63, 3.8) is 0 Å². The van der Waals surface area contributed by atoms with Crippen LogP contribution < -0.4 is 5.32 Å². The standard InChI is InChI=1S/C15H16N4O2/c1-19-11-17-18-14(19)8-9-16-15(21)13-7-3-2-5-12(13)6-4-10-20/h2-3,5,7,11,20H,8-10H2,1H3,(H,16,21). The number of hydrogen-bond donors (Lipinski definition) is 2. The van der Waals surface area contributed by atoms with Gasteiger partial charge in [0.2, 0.25) is 0 Å². The second-order valence-electron chi connectivity index (χ2n) is 4.37. The fourth-order valence-electron chi connectivity index (χ4n) is 1.84. The van der Waals surface area contributed by atoms with Crippen LogP contribution in [0.25, 0.3) is 0 Å². The summed E-state index contributed by atoms with van der Waals surface area (Å²) in [6, 6.07) is 7.04. The van der Waals surface area contributed by atoms with E-state index in [0.717, 1.165) is 5.82 Å². The van der Waals surface area contributed by atoms with Crippen LogP contribution in [0.15, 0.2) is 30.6 Å². The molecule has 0 saturated heterocycles. The van der Waals surface area contributed by atoms with Crippen molar-refractivity contribution in [1.82, 2.24) is 20.1 Å². The Balaban J connectivity index is 1.99. The molecule has 0 aliphatic carbocycles. The van der Waals surface area contributed by atoms with Crippen LogP contribution in [-0.4, -0.2) is 38.9 Å². The van der Waals surface area contributed by atoms with Crippen LogP contribution in [0.1, 0.15) is 21.7 Å². The van der Waals surface area contributed by atoms with E-state index in [-0.39, 0.29) is 12.5 Å². The molecule has 2 rings (SSSR count). The van der Waals surface area contributed by atoms with Crippen LogP contribution in [0, 0.1) is 11.8 Å². The predicted octanol–water partition coefficient (Wildman–Crippen LogP) is 0.131. The summed E-state index contributed by atoms with van der Waals surface area (Å²) in [5.41, 5.74) is 1.10. The Kier molecular flexibility index (Phi) is 5.07. The van der Waals surface area contributed by atoms with Crippen molar-refractivity contribution in [1.29, 1.82) is 0 Å². The number of aliphatic hydroxyl groups excluding tert-OH is 1. The monoisotopic (exact) mass is 284 g/mol. The minimum Gasteiger partial charge on any atom is -0.384 e. The van der Waals surface area contributed by atoms with E-state index in [2.05, 4.69) is 27.4 Å². The molecule has 21 heavy (non-hydrogen) atoms. The quantitative estimate of drug-likeness (QED) is 0.782. The predicted molar refractivity (Wildman–Crippen MR) is 77.4 cm³/mol. The topological polar surface area (TPSA) is 80.0 Å². The maximum atomic E-state index is 12.2. The van der Waals surface area contributed by atoms with Crippen LogP contribution in [0.5, 0.6) is 0 Å². The van der Waals surface area contributed by atoms with Crippen molar-refractivity contribution in [2.45, 2.75) is 6.42 Å². The first kappa shape index (κ1) is 14.8. The van der Waals surface area contributed by atoms with Gasteiger partial charge in [-0.05, 0) is 12.1 Å². The van der Waals surface area contributed by atoms with Gasteiger partial charge in [-0.2, -0.15) is 0 Å². The molecule has 108 valence electrons. The van der Waals surface area contributed by atoms with Gasteiger partial charge in [0.15, 0.2) is 0 Å². The van der Waals surface area contributed by atoms with Gasteiger partial charge in [0.25, 0.3) is 5.91 Å². The summed E-state index contributed by atoms with van der Waals surface area (Å²) >= 11 is 0. The number of hydrogen-bond acceptors (Lipinski definition) is 4. The van der Waals surface area contributed by atoms with Gasteiger partial charge in [0.05, 0.1) is 5.56 Å². The van der Waals surface area contributed by atoms with Crippen LogP contribution >= 0.6 is 0 Å². The number of aliphatic hydroxyl groups is 1. The highest BCUT2D eigenvalue weighted by atomic mass is 16.2. The normalized spacial score (nSPS) is 9.81. The molecule has 1 aromatic carbocycles. The van der Waals surface area contributed by atoms with Gasteiger partial charge in [-0.3, -0.25) is 4.79 Å². The minimum atomic E-state index is -0.234. The third-order valence-corrected chi connectivity index (χ3v) is 2.91. The second kappa shape index (κ2) is 7.22. The smallest absolute Gasteiger partial charge is 0.252 e. The van der Waals surface area contributed by atoms with Crippen LogP contribution in [-0.2, 0) is 13.5 Å². The summed E-state index contributed by atoms with van der Waals surface area (Å²) in [6.07, 6.45) is 2.23. The summed E-state index contributed by atoms with van der Waals surface area (Å²) < 4.78 is 1.81. The molecule has 0 aliphatic heterocycles. The fourth-order valence-corrected chi connectivity index (χ4v) is 1.84.